The summed E-state index contributed by atoms with van der Waals surface area (Å²) >= 11 is 0. The minimum atomic E-state index is -4.51. The van der Waals surface area contributed by atoms with Gasteiger partial charge in [0.15, 0.2) is 0 Å². The Bertz CT molecular complexity index is 520. The van der Waals surface area contributed by atoms with Crippen LogP contribution in [-0.4, -0.2) is 42.4 Å². The van der Waals surface area contributed by atoms with Gasteiger partial charge in [-0.15, -0.1) is 0 Å². The molecule has 0 radical (unpaired) electrons. The van der Waals surface area contributed by atoms with E-state index in [1.165, 1.54) is 0 Å². The van der Waals surface area contributed by atoms with Crippen molar-refractivity contribution < 1.29 is 23.0 Å². The van der Waals surface area contributed by atoms with Gasteiger partial charge in [-0.2, -0.15) is 13.2 Å². The number of nitrogens with one attached hydrogen (secondary N) is 2. The van der Waals surface area contributed by atoms with E-state index in [9.17, 15) is 13.2 Å². The van der Waals surface area contributed by atoms with Crippen molar-refractivity contribution in [3.05, 3.63) is 23.4 Å². The van der Waals surface area contributed by atoms with Gasteiger partial charge in [0.05, 0.1) is 0 Å². The standard InChI is InChI=1S/C16H24F3N3O2/c1-11(10-23)8-21-9-12-6-14(16(17,18)19)22-15(7-12)24-13-2-4-20-5-3-13/h6-7,11,13,20-21,23H,2-5,8-10H2,1H3/t11-/m1/s1. The fraction of sp³-hybridized carbons (Fsp3) is 0.688. The molecule has 1 aliphatic heterocycles. The van der Waals surface area contributed by atoms with Crippen LogP contribution in [0, 0.1) is 5.92 Å². The predicted molar refractivity (Wildman–Crippen MR) is 83.7 cm³/mol. The number of rotatable bonds is 7. The molecule has 3 N–H and O–H groups in total. The maximum atomic E-state index is 13.0. The summed E-state index contributed by atoms with van der Waals surface area (Å²) in [4.78, 5) is 3.62. The van der Waals surface area contributed by atoms with Crippen molar-refractivity contribution in [2.75, 3.05) is 26.2 Å². The minimum Gasteiger partial charge on any atom is -0.474 e. The number of pyridine rings is 1. The van der Waals surface area contributed by atoms with E-state index in [4.69, 9.17) is 9.84 Å². The quantitative estimate of drug-likeness (QED) is 0.704. The third kappa shape index (κ3) is 5.92. The Labute approximate surface area is 139 Å². The molecule has 0 bridgehead atoms. The van der Waals surface area contributed by atoms with Gasteiger partial charge in [-0.3, -0.25) is 0 Å². The molecule has 1 saturated heterocycles. The molecule has 0 aliphatic carbocycles. The van der Waals surface area contributed by atoms with Gasteiger partial charge >= 0.3 is 6.18 Å². The summed E-state index contributed by atoms with van der Waals surface area (Å²) in [5, 5.41) is 15.2. The first kappa shape index (κ1) is 19.0. The number of hydrogen-bond acceptors (Lipinski definition) is 5. The molecule has 1 aromatic rings. The number of piperidine rings is 1. The van der Waals surface area contributed by atoms with Crippen molar-refractivity contribution in [1.29, 1.82) is 0 Å². The minimum absolute atomic E-state index is 0.0173. The highest BCUT2D eigenvalue weighted by atomic mass is 19.4. The zero-order valence-corrected chi connectivity index (χ0v) is 13.7. The van der Waals surface area contributed by atoms with E-state index in [2.05, 4.69) is 15.6 Å². The summed E-state index contributed by atoms with van der Waals surface area (Å²) in [6, 6.07) is 2.58. The van der Waals surface area contributed by atoms with E-state index in [-0.39, 0.29) is 31.1 Å². The number of halogens is 3. The number of alkyl halides is 3. The van der Waals surface area contributed by atoms with Crippen LogP contribution < -0.4 is 15.4 Å². The van der Waals surface area contributed by atoms with E-state index in [1.54, 1.807) is 6.07 Å². The zero-order valence-electron chi connectivity index (χ0n) is 13.7. The van der Waals surface area contributed by atoms with Crippen molar-refractivity contribution >= 4 is 0 Å². The fourth-order valence-corrected chi connectivity index (χ4v) is 2.48. The predicted octanol–water partition coefficient (Wildman–Crippen LogP) is 1.95. The summed E-state index contributed by atoms with van der Waals surface area (Å²) in [6.07, 6.45) is -3.13. The van der Waals surface area contributed by atoms with Gasteiger partial charge in [0, 0.05) is 25.8 Å². The Hall–Kier alpha value is -1.38. The molecule has 0 aromatic carbocycles. The van der Waals surface area contributed by atoms with Crippen molar-refractivity contribution in [1.82, 2.24) is 15.6 Å². The molecule has 0 amide bonds. The maximum Gasteiger partial charge on any atom is 0.433 e. The molecule has 0 spiro atoms. The Kier molecular flexibility index (Phi) is 6.82. The molecule has 2 heterocycles. The van der Waals surface area contributed by atoms with Crippen LogP contribution in [0.5, 0.6) is 5.88 Å². The summed E-state index contributed by atoms with van der Waals surface area (Å²) < 4.78 is 44.8. The molecule has 136 valence electrons. The molecular formula is C16H24F3N3O2. The van der Waals surface area contributed by atoms with Crippen molar-refractivity contribution in [3.63, 3.8) is 0 Å². The van der Waals surface area contributed by atoms with Crippen LogP contribution in [0.1, 0.15) is 31.0 Å². The van der Waals surface area contributed by atoms with E-state index in [1.807, 2.05) is 6.92 Å². The Balaban J connectivity index is 2.08. The molecule has 1 aliphatic rings. The highest BCUT2D eigenvalue weighted by Gasteiger charge is 2.33. The molecule has 5 nitrogen and oxygen atoms in total. The van der Waals surface area contributed by atoms with Gasteiger partial charge in [0.2, 0.25) is 5.88 Å². The van der Waals surface area contributed by atoms with Crippen LogP contribution in [-0.2, 0) is 12.7 Å². The van der Waals surface area contributed by atoms with Gasteiger partial charge in [-0.05, 0) is 43.5 Å². The van der Waals surface area contributed by atoms with Gasteiger partial charge in [0.25, 0.3) is 0 Å². The van der Waals surface area contributed by atoms with Gasteiger partial charge in [0.1, 0.15) is 11.8 Å². The van der Waals surface area contributed by atoms with E-state index >= 15 is 0 Å². The third-order valence-electron chi connectivity index (χ3n) is 3.86. The Morgan fingerprint density at radius 2 is 2.08 bits per heavy atom. The lowest BCUT2D eigenvalue weighted by molar-refractivity contribution is -0.141. The normalized spacial score (nSPS) is 17.7. The van der Waals surface area contributed by atoms with E-state index < -0.39 is 11.9 Å². The van der Waals surface area contributed by atoms with Crippen LogP contribution in [0.2, 0.25) is 0 Å². The summed E-state index contributed by atoms with van der Waals surface area (Å²) in [7, 11) is 0. The summed E-state index contributed by atoms with van der Waals surface area (Å²) in [5.74, 6) is 0.0584. The highest BCUT2D eigenvalue weighted by molar-refractivity contribution is 5.27. The van der Waals surface area contributed by atoms with E-state index in [0.29, 0.717) is 12.1 Å². The SMILES string of the molecule is C[C@@H](CO)CNCc1cc(OC2CCNCC2)nc(C(F)(F)F)c1. The summed E-state index contributed by atoms with van der Waals surface area (Å²) in [6.45, 7) is 4.24. The Morgan fingerprint density at radius 1 is 1.38 bits per heavy atom. The molecule has 24 heavy (non-hydrogen) atoms. The number of nitrogens with zero attached hydrogens (tertiary/aromatic N) is 1. The van der Waals surface area contributed by atoms with Crippen molar-refractivity contribution in [3.8, 4) is 5.88 Å². The molecule has 0 saturated carbocycles. The van der Waals surface area contributed by atoms with Crippen molar-refractivity contribution in [2.24, 2.45) is 5.92 Å². The third-order valence-corrected chi connectivity index (χ3v) is 3.86. The van der Waals surface area contributed by atoms with Gasteiger partial charge < -0.3 is 20.5 Å². The number of aliphatic hydroxyl groups is 1. The first-order chi connectivity index (χ1) is 11.4. The van der Waals surface area contributed by atoms with Crippen LogP contribution in [0.3, 0.4) is 0 Å². The first-order valence-corrected chi connectivity index (χ1v) is 8.15. The second kappa shape index (κ2) is 8.64. The molecule has 1 fully saturated rings. The maximum absolute atomic E-state index is 13.0. The monoisotopic (exact) mass is 347 g/mol. The topological polar surface area (TPSA) is 66.4 Å². The number of aromatic nitrogens is 1. The lowest BCUT2D eigenvalue weighted by Gasteiger charge is -2.24. The van der Waals surface area contributed by atoms with Crippen LogP contribution in [0.15, 0.2) is 12.1 Å². The molecule has 1 atom stereocenters. The van der Waals surface area contributed by atoms with Gasteiger partial charge in [-0.1, -0.05) is 6.92 Å². The van der Waals surface area contributed by atoms with Crippen LogP contribution in [0.25, 0.3) is 0 Å². The molecule has 1 aromatic heterocycles. The number of hydrogen-bond donors (Lipinski definition) is 3. The average molecular weight is 347 g/mol. The van der Waals surface area contributed by atoms with E-state index in [0.717, 1.165) is 32.0 Å². The Morgan fingerprint density at radius 3 is 2.71 bits per heavy atom. The van der Waals surface area contributed by atoms with Crippen LogP contribution >= 0.6 is 0 Å². The number of aliphatic hydroxyl groups excluding tert-OH is 1. The van der Waals surface area contributed by atoms with Gasteiger partial charge in [-0.25, -0.2) is 4.98 Å². The van der Waals surface area contributed by atoms with Crippen molar-refractivity contribution in [2.45, 2.75) is 38.6 Å². The number of ether oxygens (including phenoxy) is 1. The lowest BCUT2D eigenvalue weighted by Crippen LogP contribution is -2.34. The second-order valence-electron chi connectivity index (χ2n) is 6.18. The molecular weight excluding hydrogens is 323 g/mol. The van der Waals surface area contributed by atoms with Crippen LogP contribution in [0.4, 0.5) is 13.2 Å². The second-order valence-corrected chi connectivity index (χ2v) is 6.18. The zero-order chi connectivity index (χ0) is 17.6. The molecule has 8 heteroatoms. The highest BCUT2D eigenvalue weighted by Crippen LogP contribution is 2.30. The molecule has 2 rings (SSSR count). The first-order valence-electron chi connectivity index (χ1n) is 8.15. The fourth-order valence-electron chi connectivity index (χ4n) is 2.48. The average Bonchev–Trinajstić information content (AvgIpc) is 2.54. The smallest absolute Gasteiger partial charge is 0.433 e. The summed E-state index contributed by atoms with van der Waals surface area (Å²) in [5.41, 5.74) is -0.479. The molecule has 0 unspecified atom stereocenters. The lowest BCUT2D eigenvalue weighted by atomic mass is 10.1. The largest absolute Gasteiger partial charge is 0.474 e.